The Balaban J connectivity index is 1.32. The highest BCUT2D eigenvalue weighted by Gasteiger charge is 2.15. The number of hydrogen-bond donors (Lipinski definition) is 5. The molecule has 0 aliphatic carbocycles. The molecule has 10 nitrogen and oxygen atoms in total. The number of carbonyl (C=O) groups excluding carboxylic acids is 2. The molecule has 7 N–H and O–H groups in total. The first-order chi connectivity index (χ1) is 15.3. The molecule has 170 valence electrons. The second-order valence-electron chi connectivity index (χ2n) is 7.43. The van der Waals surface area contributed by atoms with Gasteiger partial charge < -0.3 is 32.0 Å². The number of likely N-dealkylation sites (N-methyl/N-ethyl adjacent to an activating group) is 1. The van der Waals surface area contributed by atoms with E-state index in [9.17, 15) is 9.59 Å². The quantitative estimate of drug-likeness (QED) is 0.286. The molecule has 2 heterocycles. The maximum absolute atomic E-state index is 12.2. The molecule has 0 saturated carbocycles. The number of fused-ring (bicyclic) bond motifs is 1. The van der Waals surface area contributed by atoms with Crippen LogP contribution in [0.5, 0.6) is 0 Å². The van der Waals surface area contributed by atoms with Crippen molar-refractivity contribution in [2.45, 2.75) is 12.8 Å². The Morgan fingerprint density at radius 2 is 1.88 bits per heavy atom. The lowest BCUT2D eigenvalue weighted by molar-refractivity contribution is -0.120. The van der Waals surface area contributed by atoms with Crippen molar-refractivity contribution in [3.63, 3.8) is 0 Å². The van der Waals surface area contributed by atoms with Gasteiger partial charge in [0.25, 0.3) is 5.91 Å². The minimum atomic E-state index is -0.463. The Morgan fingerprint density at radius 3 is 2.69 bits per heavy atom. The lowest BCUT2D eigenvalue weighted by Gasteiger charge is -2.17. The molecule has 32 heavy (non-hydrogen) atoms. The molecule has 0 aliphatic heterocycles. The Kier molecular flexibility index (Phi) is 7.85. The number of nitrogens with two attached hydrogens (primary N) is 2. The molecule has 0 radical (unpaired) electrons. The summed E-state index contributed by atoms with van der Waals surface area (Å²) in [7, 11) is 1.94. The summed E-state index contributed by atoms with van der Waals surface area (Å²) in [6.45, 7) is 2.35. The highest BCUT2D eigenvalue weighted by molar-refractivity contribution is 6.31. The molecule has 0 unspecified atom stereocenters. The SMILES string of the molecule is CN(CCCNC(=O)Cc1c[nH]c2ccccc12)CCNC(=O)c1nc(Cl)c(N)nc1N. The van der Waals surface area contributed by atoms with Gasteiger partial charge in [0, 0.05) is 36.7 Å². The second kappa shape index (κ2) is 10.8. The number of anilines is 2. The van der Waals surface area contributed by atoms with E-state index in [4.69, 9.17) is 23.1 Å². The van der Waals surface area contributed by atoms with Crippen LogP contribution >= 0.6 is 11.6 Å². The molecule has 3 rings (SSSR count). The number of aromatic nitrogens is 3. The van der Waals surface area contributed by atoms with Gasteiger partial charge in [-0.25, -0.2) is 9.97 Å². The zero-order chi connectivity index (χ0) is 23.1. The van der Waals surface area contributed by atoms with E-state index >= 15 is 0 Å². The summed E-state index contributed by atoms with van der Waals surface area (Å²) in [4.78, 5) is 37.3. The largest absolute Gasteiger partial charge is 0.382 e. The Bertz CT molecular complexity index is 1100. The molecule has 2 amide bonds. The molecule has 2 aromatic heterocycles. The van der Waals surface area contributed by atoms with Crippen molar-refractivity contribution in [3.05, 3.63) is 46.9 Å². The average molecular weight is 459 g/mol. The standard InChI is InChI=1S/C21H27ClN8O2/c1-30(10-8-26-21(32)17-19(23)29-20(24)18(22)28-17)9-4-7-25-16(31)11-13-12-27-15-6-3-2-5-14(13)15/h2-3,5-6,12,27H,4,7-11H2,1H3,(H,25,31)(H,26,32)(H4,23,24,29). The topological polar surface area (TPSA) is 155 Å². The highest BCUT2D eigenvalue weighted by atomic mass is 35.5. The van der Waals surface area contributed by atoms with Crippen LogP contribution in [-0.2, 0) is 11.2 Å². The van der Waals surface area contributed by atoms with E-state index < -0.39 is 5.91 Å². The monoisotopic (exact) mass is 458 g/mol. The van der Waals surface area contributed by atoms with E-state index in [1.807, 2.05) is 37.5 Å². The van der Waals surface area contributed by atoms with Crippen molar-refractivity contribution in [2.24, 2.45) is 0 Å². The van der Waals surface area contributed by atoms with Crippen molar-refractivity contribution in [2.75, 3.05) is 44.7 Å². The summed E-state index contributed by atoms with van der Waals surface area (Å²) in [6.07, 6.45) is 3.01. The fourth-order valence-electron chi connectivity index (χ4n) is 3.25. The van der Waals surface area contributed by atoms with Gasteiger partial charge in [0.15, 0.2) is 22.5 Å². The number of nitrogens with zero attached hydrogens (tertiary/aromatic N) is 3. The van der Waals surface area contributed by atoms with Crippen molar-refractivity contribution in [1.82, 2.24) is 30.5 Å². The number of para-hydroxylation sites is 1. The number of amides is 2. The third-order valence-corrected chi connectivity index (χ3v) is 5.24. The number of benzene rings is 1. The molecule has 0 aliphatic rings. The average Bonchev–Trinajstić information content (AvgIpc) is 3.16. The smallest absolute Gasteiger partial charge is 0.273 e. The van der Waals surface area contributed by atoms with Crippen LogP contribution in [0.2, 0.25) is 5.15 Å². The van der Waals surface area contributed by atoms with E-state index in [2.05, 4.69) is 30.5 Å². The Morgan fingerprint density at radius 1 is 1.09 bits per heavy atom. The minimum Gasteiger partial charge on any atom is -0.382 e. The number of H-pyrrole nitrogens is 1. The molecule has 0 saturated heterocycles. The van der Waals surface area contributed by atoms with Gasteiger partial charge in [-0.05, 0) is 31.6 Å². The summed E-state index contributed by atoms with van der Waals surface area (Å²) in [6, 6.07) is 7.91. The number of rotatable bonds is 10. The highest BCUT2D eigenvalue weighted by Crippen LogP contribution is 2.18. The van der Waals surface area contributed by atoms with Gasteiger partial charge in [-0.1, -0.05) is 29.8 Å². The molecule has 1 aromatic carbocycles. The van der Waals surface area contributed by atoms with Crippen LogP contribution < -0.4 is 22.1 Å². The third-order valence-electron chi connectivity index (χ3n) is 4.96. The zero-order valence-electron chi connectivity index (χ0n) is 17.8. The van der Waals surface area contributed by atoms with Crippen molar-refractivity contribution < 1.29 is 9.59 Å². The van der Waals surface area contributed by atoms with Gasteiger partial charge in [0.2, 0.25) is 5.91 Å². The number of carbonyl (C=O) groups is 2. The number of halogens is 1. The first-order valence-electron chi connectivity index (χ1n) is 10.2. The van der Waals surface area contributed by atoms with Crippen LogP contribution in [-0.4, -0.2) is 64.9 Å². The van der Waals surface area contributed by atoms with Gasteiger partial charge in [-0.3, -0.25) is 9.59 Å². The predicted molar refractivity (Wildman–Crippen MR) is 125 cm³/mol. The number of nitrogens with one attached hydrogen (secondary N) is 3. The molecule has 0 fully saturated rings. The van der Waals surface area contributed by atoms with Crippen LogP contribution in [0.3, 0.4) is 0 Å². The summed E-state index contributed by atoms with van der Waals surface area (Å²) in [5.74, 6) is -0.560. The van der Waals surface area contributed by atoms with Crippen LogP contribution in [0.25, 0.3) is 10.9 Å². The van der Waals surface area contributed by atoms with Gasteiger partial charge >= 0.3 is 0 Å². The normalized spacial score (nSPS) is 11.1. The predicted octanol–water partition coefficient (Wildman–Crippen LogP) is 1.19. The van der Waals surface area contributed by atoms with E-state index in [1.165, 1.54) is 0 Å². The number of hydrogen-bond acceptors (Lipinski definition) is 7. The van der Waals surface area contributed by atoms with E-state index in [0.717, 1.165) is 29.4 Å². The van der Waals surface area contributed by atoms with E-state index in [1.54, 1.807) is 0 Å². The number of nitrogen functional groups attached to an aromatic ring is 2. The molecule has 3 aromatic rings. The van der Waals surface area contributed by atoms with Crippen molar-refractivity contribution >= 4 is 46.0 Å². The summed E-state index contributed by atoms with van der Waals surface area (Å²) in [5.41, 5.74) is 13.1. The lowest BCUT2D eigenvalue weighted by Crippen LogP contribution is -2.35. The first-order valence-corrected chi connectivity index (χ1v) is 10.6. The Hall–Kier alpha value is -3.37. The molecule has 0 bridgehead atoms. The van der Waals surface area contributed by atoms with Crippen LogP contribution in [0.1, 0.15) is 22.5 Å². The molecular formula is C21H27ClN8O2. The zero-order valence-corrected chi connectivity index (χ0v) is 18.6. The van der Waals surface area contributed by atoms with E-state index in [-0.39, 0.29) is 28.4 Å². The van der Waals surface area contributed by atoms with Gasteiger partial charge in [-0.2, -0.15) is 0 Å². The van der Waals surface area contributed by atoms with Gasteiger partial charge in [-0.15, -0.1) is 0 Å². The summed E-state index contributed by atoms with van der Waals surface area (Å²) >= 11 is 5.80. The van der Waals surface area contributed by atoms with Crippen LogP contribution in [0.15, 0.2) is 30.5 Å². The number of aromatic amines is 1. The van der Waals surface area contributed by atoms with Gasteiger partial charge in [0.1, 0.15) is 0 Å². The Labute approximate surface area is 190 Å². The summed E-state index contributed by atoms with van der Waals surface area (Å²) < 4.78 is 0. The fraction of sp³-hybridized carbons (Fsp3) is 0.333. The van der Waals surface area contributed by atoms with Crippen LogP contribution in [0, 0.1) is 0 Å². The third kappa shape index (κ3) is 6.08. The van der Waals surface area contributed by atoms with Gasteiger partial charge in [0.05, 0.1) is 6.42 Å². The van der Waals surface area contributed by atoms with E-state index in [0.29, 0.717) is 26.1 Å². The maximum atomic E-state index is 12.2. The second-order valence-corrected chi connectivity index (χ2v) is 7.79. The fourth-order valence-corrected chi connectivity index (χ4v) is 3.38. The van der Waals surface area contributed by atoms with Crippen molar-refractivity contribution in [3.8, 4) is 0 Å². The summed E-state index contributed by atoms with van der Waals surface area (Å²) in [5, 5.41) is 6.69. The van der Waals surface area contributed by atoms with Crippen molar-refractivity contribution in [1.29, 1.82) is 0 Å². The lowest BCUT2D eigenvalue weighted by atomic mass is 10.1. The van der Waals surface area contributed by atoms with Crippen LogP contribution in [0.4, 0.5) is 11.6 Å². The molecule has 0 spiro atoms. The molecule has 11 heteroatoms. The first kappa shape index (κ1) is 23.3. The molecular weight excluding hydrogens is 432 g/mol. The minimum absolute atomic E-state index is 0.00877. The maximum Gasteiger partial charge on any atom is 0.273 e. The molecule has 0 atom stereocenters.